The maximum atomic E-state index is 12.4. The molecule has 0 aliphatic heterocycles. The van der Waals surface area contributed by atoms with Gasteiger partial charge in [0.15, 0.2) is 0 Å². The van der Waals surface area contributed by atoms with Gasteiger partial charge in [0.25, 0.3) is 0 Å². The van der Waals surface area contributed by atoms with Gasteiger partial charge < -0.3 is 15.0 Å². The molecule has 1 aromatic heterocycles. The molecule has 0 saturated carbocycles. The average Bonchev–Trinajstić information content (AvgIpc) is 2.66. The summed E-state index contributed by atoms with van der Waals surface area (Å²) in [6, 6.07) is 10.9. The molecule has 0 aliphatic rings. The monoisotopic (exact) mass is 387 g/mol. The van der Waals surface area contributed by atoms with Gasteiger partial charge in [-0.1, -0.05) is 23.7 Å². The molecule has 0 saturated heterocycles. The van der Waals surface area contributed by atoms with Crippen LogP contribution in [0.4, 0.5) is 5.69 Å². The number of rotatable bonds is 4. The SMILES string of the molecule is COC(=O)c1ccc(Cl)c(NC(=O)Cn2c(=O)c(=O)[nH]c3ccccc32)c1. The van der Waals surface area contributed by atoms with Gasteiger partial charge in [-0.2, -0.15) is 0 Å². The number of aromatic amines is 1. The molecule has 27 heavy (non-hydrogen) atoms. The summed E-state index contributed by atoms with van der Waals surface area (Å²) < 4.78 is 5.70. The van der Waals surface area contributed by atoms with Gasteiger partial charge in [-0.05, 0) is 30.3 Å². The number of benzene rings is 2. The molecule has 0 radical (unpaired) electrons. The molecular weight excluding hydrogens is 374 g/mol. The van der Waals surface area contributed by atoms with E-state index in [1.54, 1.807) is 24.3 Å². The van der Waals surface area contributed by atoms with E-state index < -0.39 is 29.5 Å². The highest BCUT2D eigenvalue weighted by Gasteiger charge is 2.14. The standard InChI is InChI=1S/C18H14ClN3O5/c1-27-18(26)10-6-7-11(19)13(8-10)20-15(23)9-22-14-5-3-2-4-12(14)21-16(24)17(22)25/h2-8H,9H2,1H3,(H,20,23)(H,21,24). The minimum Gasteiger partial charge on any atom is -0.465 e. The quantitative estimate of drug-likeness (QED) is 0.523. The zero-order chi connectivity index (χ0) is 19.6. The second kappa shape index (κ2) is 7.46. The van der Waals surface area contributed by atoms with Gasteiger partial charge >= 0.3 is 17.1 Å². The number of esters is 1. The summed E-state index contributed by atoms with van der Waals surface area (Å²) in [5.41, 5.74) is -0.444. The highest BCUT2D eigenvalue weighted by atomic mass is 35.5. The predicted octanol–water partition coefficient (Wildman–Crippen LogP) is 1.77. The lowest BCUT2D eigenvalue weighted by Crippen LogP contribution is -2.38. The number of nitrogens with one attached hydrogen (secondary N) is 2. The summed E-state index contributed by atoms with van der Waals surface area (Å²) in [5.74, 6) is -1.17. The number of para-hydroxylation sites is 2. The first-order chi connectivity index (χ1) is 12.9. The minimum atomic E-state index is -0.849. The lowest BCUT2D eigenvalue weighted by atomic mass is 10.2. The lowest BCUT2D eigenvalue weighted by molar-refractivity contribution is -0.116. The number of amides is 1. The molecule has 9 heteroatoms. The van der Waals surface area contributed by atoms with E-state index in [0.29, 0.717) is 11.0 Å². The van der Waals surface area contributed by atoms with E-state index in [2.05, 4.69) is 15.0 Å². The molecule has 0 fully saturated rings. The maximum absolute atomic E-state index is 12.4. The first kappa shape index (κ1) is 18.4. The van der Waals surface area contributed by atoms with Crippen molar-refractivity contribution in [2.75, 3.05) is 12.4 Å². The number of halogens is 1. The van der Waals surface area contributed by atoms with Crippen molar-refractivity contribution in [2.24, 2.45) is 0 Å². The molecule has 0 spiro atoms. The highest BCUT2D eigenvalue weighted by Crippen LogP contribution is 2.23. The van der Waals surface area contributed by atoms with Crippen LogP contribution in [0.2, 0.25) is 5.02 Å². The van der Waals surface area contributed by atoms with E-state index in [-0.39, 0.29) is 16.3 Å². The van der Waals surface area contributed by atoms with Crippen molar-refractivity contribution in [2.45, 2.75) is 6.54 Å². The Morgan fingerprint density at radius 2 is 1.93 bits per heavy atom. The van der Waals surface area contributed by atoms with Crippen molar-refractivity contribution in [3.63, 3.8) is 0 Å². The molecule has 138 valence electrons. The summed E-state index contributed by atoms with van der Waals surface area (Å²) >= 11 is 6.05. The summed E-state index contributed by atoms with van der Waals surface area (Å²) in [5, 5.41) is 2.75. The van der Waals surface area contributed by atoms with Gasteiger partial charge in [-0.3, -0.25) is 19.0 Å². The van der Waals surface area contributed by atoms with E-state index in [4.69, 9.17) is 11.6 Å². The van der Waals surface area contributed by atoms with Crippen molar-refractivity contribution in [1.82, 2.24) is 9.55 Å². The van der Waals surface area contributed by atoms with Crippen LogP contribution in [0, 0.1) is 0 Å². The van der Waals surface area contributed by atoms with Crippen LogP contribution in [-0.4, -0.2) is 28.5 Å². The Morgan fingerprint density at radius 3 is 2.67 bits per heavy atom. The zero-order valence-corrected chi connectivity index (χ0v) is 14.9. The average molecular weight is 388 g/mol. The molecule has 1 heterocycles. The Hall–Kier alpha value is -3.39. The minimum absolute atomic E-state index is 0.187. The van der Waals surface area contributed by atoms with E-state index in [1.165, 1.54) is 25.3 Å². The molecule has 0 unspecified atom stereocenters. The molecule has 3 aromatic rings. The van der Waals surface area contributed by atoms with E-state index >= 15 is 0 Å². The normalized spacial score (nSPS) is 10.6. The Morgan fingerprint density at radius 1 is 1.19 bits per heavy atom. The Balaban J connectivity index is 1.93. The smallest absolute Gasteiger partial charge is 0.337 e. The number of carbonyl (C=O) groups is 2. The summed E-state index contributed by atoms with van der Waals surface area (Å²) in [4.78, 5) is 50.5. The van der Waals surface area contributed by atoms with Crippen LogP contribution in [0.25, 0.3) is 11.0 Å². The molecule has 0 atom stereocenters. The van der Waals surface area contributed by atoms with E-state index in [9.17, 15) is 19.2 Å². The Labute approximate surface area is 157 Å². The van der Waals surface area contributed by atoms with Crippen molar-refractivity contribution >= 4 is 40.2 Å². The summed E-state index contributed by atoms with van der Waals surface area (Å²) in [6.45, 7) is -0.401. The number of fused-ring (bicyclic) bond motifs is 1. The molecule has 2 N–H and O–H groups in total. The van der Waals surface area contributed by atoms with E-state index in [0.717, 1.165) is 4.57 Å². The third-order valence-electron chi connectivity index (χ3n) is 3.85. The number of hydrogen-bond acceptors (Lipinski definition) is 5. The van der Waals surface area contributed by atoms with Crippen LogP contribution >= 0.6 is 11.6 Å². The number of anilines is 1. The van der Waals surface area contributed by atoms with Gasteiger partial charge in [0.05, 0.1) is 34.4 Å². The Bertz CT molecular complexity index is 1170. The van der Waals surface area contributed by atoms with Crippen LogP contribution in [0.1, 0.15) is 10.4 Å². The predicted molar refractivity (Wildman–Crippen MR) is 100 cm³/mol. The number of methoxy groups -OCH3 is 1. The molecule has 0 aliphatic carbocycles. The maximum Gasteiger partial charge on any atom is 0.337 e. The lowest BCUT2D eigenvalue weighted by Gasteiger charge is -2.11. The molecular formula is C18H14ClN3O5. The Kier molecular flexibility index (Phi) is 5.09. The summed E-state index contributed by atoms with van der Waals surface area (Å²) in [6.07, 6.45) is 0. The highest BCUT2D eigenvalue weighted by molar-refractivity contribution is 6.33. The fourth-order valence-corrected chi connectivity index (χ4v) is 2.74. The topological polar surface area (TPSA) is 110 Å². The molecule has 3 rings (SSSR count). The van der Waals surface area contributed by atoms with Crippen LogP contribution in [0.15, 0.2) is 52.1 Å². The number of nitrogens with zero attached hydrogens (tertiary/aromatic N) is 1. The first-order valence-electron chi connectivity index (χ1n) is 7.80. The number of hydrogen-bond donors (Lipinski definition) is 2. The van der Waals surface area contributed by atoms with Crippen LogP contribution in [0.5, 0.6) is 0 Å². The van der Waals surface area contributed by atoms with E-state index in [1.807, 2.05) is 0 Å². The van der Waals surface area contributed by atoms with Crippen molar-refractivity contribution in [1.29, 1.82) is 0 Å². The number of H-pyrrole nitrogens is 1. The zero-order valence-electron chi connectivity index (χ0n) is 14.1. The van der Waals surface area contributed by atoms with Crippen molar-refractivity contribution < 1.29 is 14.3 Å². The largest absolute Gasteiger partial charge is 0.465 e. The molecule has 0 bridgehead atoms. The third-order valence-corrected chi connectivity index (χ3v) is 4.18. The third kappa shape index (κ3) is 3.75. The first-order valence-corrected chi connectivity index (χ1v) is 8.18. The fourth-order valence-electron chi connectivity index (χ4n) is 2.58. The van der Waals surface area contributed by atoms with Gasteiger partial charge in [0.1, 0.15) is 6.54 Å². The number of carbonyl (C=O) groups excluding carboxylic acids is 2. The second-order valence-electron chi connectivity index (χ2n) is 5.60. The van der Waals surface area contributed by atoms with Crippen LogP contribution < -0.4 is 16.4 Å². The van der Waals surface area contributed by atoms with Crippen molar-refractivity contribution in [3.05, 3.63) is 73.8 Å². The molecule has 8 nitrogen and oxygen atoms in total. The number of aromatic nitrogens is 2. The van der Waals surface area contributed by atoms with Gasteiger partial charge in [-0.25, -0.2) is 4.79 Å². The molecule has 2 aromatic carbocycles. The van der Waals surface area contributed by atoms with Gasteiger partial charge in [0.2, 0.25) is 5.91 Å². The van der Waals surface area contributed by atoms with Gasteiger partial charge in [-0.15, -0.1) is 0 Å². The van der Waals surface area contributed by atoms with Crippen LogP contribution in [0.3, 0.4) is 0 Å². The second-order valence-corrected chi connectivity index (χ2v) is 6.00. The van der Waals surface area contributed by atoms with Crippen molar-refractivity contribution in [3.8, 4) is 0 Å². The van der Waals surface area contributed by atoms with Crippen LogP contribution in [-0.2, 0) is 16.1 Å². The summed E-state index contributed by atoms with van der Waals surface area (Å²) in [7, 11) is 1.24. The van der Waals surface area contributed by atoms with Gasteiger partial charge in [0, 0.05) is 0 Å². The fraction of sp³-hybridized carbons (Fsp3) is 0.111. The number of ether oxygens (including phenoxy) is 1. The molecule has 1 amide bonds.